The van der Waals surface area contributed by atoms with Crippen molar-refractivity contribution >= 4 is 5.97 Å². The van der Waals surface area contributed by atoms with Gasteiger partial charge in [-0.1, -0.05) is 38.5 Å². The molecule has 0 aliphatic rings. The first kappa shape index (κ1) is 19.4. The summed E-state index contributed by atoms with van der Waals surface area (Å²) in [5, 5.41) is 17.5. The molecule has 0 aliphatic carbocycles. The number of aliphatic hydroxyl groups excluding tert-OH is 1. The van der Waals surface area contributed by atoms with E-state index in [4.69, 9.17) is 10.2 Å². The molecule has 0 amide bonds. The lowest BCUT2D eigenvalue weighted by atomic mass is 10.1. The molecule has 0 aromatic rings. The quantitative estimate of drug-likeness (QED) is 0.381. The lowest BCUT2D eigenvalue weighted by Gasteiger charge is -2.28. The molecule has 0 bridgehead atoms. The molecule has 4 nitrogen and oxygen atoms in total. The number of unbranched alkanes of at least 4 members (excludes halogenated alkanes) is 8. The fourth-order valence-corrected chi connectivity index (χ4v) is 2.44. The number of carboxylic acid groups (broad SMARTS) is 1. The predicted octanol–water partition coefficient (Wildman–Crippen LogP) is 3.04. The van der Waals surface area contributed by atoms with E-state index >= 15 is 0 Å². The van der Waals surface area contributed by atoms with Crippen LogP contribution in [0, 0.1) is 0 Å². The van der Waals surface area contributed by atoms with Crippen LogP contribution in [0.3, 0.4) is 0 Å². The molecule has 2 N–H and O–H groups in total. The van der Waals surface area contributed by atoms with Crippen LogP contribution in [-0.4, -0.2) is 54.5 Å². The highest BCUT2D eigenvalue weighted by molar-refractivity contribution is 5.66. The van der Waals surface area contributed by atoms with Crippen LogP contribution in [-0.2, 0) is 4.79 Å². The Labute approximate surface area is 124 Å². The molecule has 0 unspecified atom stereocenters. The normalized spacial score (nSPS) is 11.8. The summed E-state index contributed by atoms with van der Waals surface area (Å²) >= 11 is 0. The first-order chi connectivity index (χ1) is 9.48. The summed E-state index contributed by atoms with van der Waals surface area (Å²) in [4.78, 5) is 10.3. The topological polar surface area (TPSA) is 57.5 Å². The van der Waals surface area contributed by atoms with Crippen molar-refractivity contribution in [1.82, 2.24) is 0 Å². The second kappa shape index (κ2) is 12.2. The molecular weight excluding hydrogens is 254 g/mol. The largest absolute Gasteiger partial charge is 0.481 e. The number of likely N-dealkylation sites (N-methyl/N-ethyl adjacent to an activating group) is 1. The van der Waals surface area contributed by atoms with Gasteiger partial charge in [0.15, 0.2) is 0 Å². The van der Waals surface area contributed by atoms with Gasteiger partial charge in [-0.2, -0.15) is 0 Å². The standard InChI is InChI=1S/C16H33NO3/c1-17(2,14-15-18)13-11-9-7-5-3-4-6-8-10-12-16(19)20/h18H,3-15H2,1-2H3/p+1. The Morgan fingerprint density at radius 3 is 1.70 bits per heavy atom. The van der Waals surface area contributed by atoms with Crippen LogP contribution < -0.4 is 0 Å². The Morgan fingerprint density at radius 1 is 0.800 bits per heavy atom. The van der Waals surface area contributed by atoms with Crippen LogP contribution in [0.1, 0.15) is 64.2 Å². The van der Waals surface area contributed by atoms with Crippen LogP contribution in [0.2, 0.25) is 0 Å². The smallest absolute Gasteiger partial charge is 0.303 e. The van der Waals surface area contributed by atoms with Crippen molar-refractivity contribution in [2.75, 3.05) is 33.8 Å². The van der Waals surface area contributed by atoms with E-state index < -0.39 is 5.97 Å². The first-order valence-corrected chi connectivity index (χ1v) is 8.12. The molecule has 0 saturated heterocycles. The zero-order chi connectivity index (χ0) is 15.3. The van der Waals surface area contributed by atoms with Crippen LogP contribution in [0.4, 0.5) is 0 Å². The van der Waals surface area contributed by atoms with Crippen LogP contribution in [0.25, 0.3) is 0 Å². The van der Waals surface area contributed by atoms with Gasteiger partial charge in [-0.3, -0.25) is 4.79 Å². The predicted molar refractivity (Wildman–Crippen MR) is 82.7 cm³/mol. The van der Waals surface area contributed by atoms with E-state index in [0.29, 0.717) is 6.42 Å². The third kappa shape index (κ3) is 13.8. The van der Waals surface area contributed by atoms with Crippen molar-refractivity contribution in [2.24, 2.45) is 0 Å². The molecule has 0 heterocycles. The summed E-state index contributed by atoms with van der Waals surface area (Å²) in [6, 6.07) is 0. The molecule has 20 heavy (non-hydrogen) atoms. The Morgan fingerprint density at radius 2 is 1.25 bits per heavy atom. The number of aliphatic carboxylic acids is 1. The van der Waals surface area contributed by atoms with Gasteiger partial charge in [0.1, 0.15) is 6.54 Å². The zero-order valence-electron chi connectivity index (χ0n) is 13.4. The number of aliphatic hydroxyl groups is 1. The molecule has 0 atom stereocenters. The Hall–Kier alpha value is -0.610. The Kier molecular flexibility index (Phi) is 11.8. The summed E-state index contributed by atoms with van der Waals surface area (Å²) in [5.41, 5.74) is 0. The summed E-state index contributed by atoms with van der Waals surface area (Å²) in [6.07, 6.45) is 11.0. The fraction of sp³-hybridized carbons (Fsp3) is 0.938. The van der Waals surface area contributed by atoms with Gasteiger partial charge in [0.05, 0.1) is 27.2 Å². The van der Waals surface area contributed by atoms with Crippen molar-refractivity contribution < 1.29 is 19.5 Å². The number of hydrogen-bond donors (Lipinski definition) is 2. The number of hydrogen-bond acceptors (Lipinski definition) is 2. The lowest BCUT2D eigenvalue weighted by Crippen LogP contribution is -2.42. The highest BCUT2D eigenvalue weighted by Gasteiger charge is 2.12. The fourth-order valence-electron chi connectivity index (χ4n) is 2.44. The van der Waals surface area contributed by atoms with E-state index in [9.17, 15) is 4.79 Å². The minimum atomic E-state index is -0.674. The average molecular weight is 288 g/mol. The molecule has 0 rings (SSSR count). The van der Waals surface area contributed by atoms with Gasteiger partial charge in [0.2, 0.25) is 0 Å². The van der Waals surface area contributed by atoms with E-state index in [1.54, 1.807) is 0 Å². The van der Waals surface area contributed by atoms with Gasteiger partial charge in [-0.15, -0.1) is 0 Å². The molecule has 0 radical (unpaired) electrons. The monoisotopic (exact) mass is 288 g/mol. The van der Waals surface area contributed by atoms with E-state index in [1.165, 1.54) is 44.9 Å². The summed E-state index contributed by atoms with van der Waals surface area (Å²) in [5.74, 6) is -0.674. The van der Waals surface area contributed by atoms with Crippen molar-refractivity contribution in [1.29, 1.82) is 0 Å². The van der Waals surface area contributed by atoms with Gasteiger partial charge in [-0.25, -0.2) is 0 Å². The molecule has 0 saturated carbocycles. The highest BCUT2D eigenvalue weighted by atomic mass is 16.4. The maximum atomic E-state index is 10.3. The highest BCUT2D eigenvalue weighted by Crippen LogP contribution is 2.11. The van der Waals surface area contributed by atoms with Gasteiger partial charge >= 0.3 is 5.97 Å². The van der Waals surface area contributed by atoms with Crippen LogP contribution >= 0.6 is 0 Å². The second-order valence-corrected chi connectivity index (χ2v) is 6.43. The minimum absolute atomic E-state index is 0.273. The maximum absolute atomic E-state index is 10.3. The van der Waals surface area contributed by atoms with Crippen molar-refractivity contribution in [3.63, 3.8) is 0 Å². The molecular formula is C16H34NO3+. The van der Waals surface area contributed by atoms with E-state index in [2.05, 4.69) is 14.1 Å². The number of carbonyl (C=O) groups is 1. The average Bonchev–Trinajstić information content (AvgIpc) is 2.35. The van der Waals surface area contributed by atoms with E-state index in [0.717, 1.165) is 30.4 Å². The number of quaternary nitrogens is 1. The number of carboxylic acids is 1. The minimum Gasteiger partial charge on any atom is -0.481 e. The summed E-state index contributed by atoms with van der Waals surface area (Å²) in [6.45, 7) is 2.26. The third-order valence-electron chi connectivity index (χ3n) is 3.86. The van der Waals surface area contributed by atoms with Crippen molar-refractivity contribution in [2.45, 2.75) is 64.2 Å². The summed E-state index contributed by atoms with van der Waals surface area (Å²) in [7, 11) is 4.35. The third-order valence-corrected chi connectivity index (χ3v) is 3.86. The molecule has 0 spiro atoms. The molecule has 120 valence electrons. The number of nitrogens with zero attached hydrogens (tertiary/aromatic N) is 1. The SMILES string of the molecule is C[N+](C)(CCO)CCCCCCCCCCCC(=O)O. The lowest BCUT2D eigenvalue weighted by molar-refractivity contribution is -0.890. The van der Waals surface area contributed by atoms with E-state index in [1.807, 2.05) is 0 Å². The molecule has 4 heteroatoms. The van der Waals surface area contributed by atoms with Gasteiger partial charge in [-0.05, 0) is 19.3 Å². The van der Waals surface area contributed by atoms with Crippen molar-refractivity contribution in [3.8, 4) is 0 Å². The van der Waals surface area contributed by atoms with E-state index in [-0.39, 0.29) is 6.61 Å². The van der Waals surface area contributed by atoms with Gasteiger partial charge < -0.3 is 14.7 Å². The Bertz CT molecular complexity index is 242. The molecule has 0 aliphatic heterocycles. The van der Waals surface area contributed by atoms with Gasteiger partial charge in [0.25, 0.3) is 0 Å². The molecule has 0 aromatic carbocycles. The second-order valence-electron chi connectivity index (χ2n) is 6.43. The molecule has 0 fully saturated rings. The first-order valence-electron chi connectivity index (χ1n) is 8.12. The van der Waals surface area contributed by atoms with Gasteiger partial charge in [0, 0.05) is 6.42 Å². The van der Waals surface area contributed by atoms with Crippen LogP contribution in [0.15, 0.2) is 0 Å². The maximum Gasteiger partial charge on any atom is 0.303 e. The zero-order valence-corrected chi connectivity index (χ0v) is 13.4. The summed E-state index contributed by atoms with van der Waals surface area (Å²) < 4.78 is 0.917. The molecule has 0 aromatic heterocycles. The van der Waals surface area contributed by atoms with Crippen LogP contribution in [0.5, 0.6) is 0 Å². The van der Waals surface area contributed by atoms with Crippen molar-refractivity contribution in [3.05, 3.63) is 0 Å². The Balaban J connectivity index is 3.19. The number of rotatable bonds is 14.